The molecule has 1 aromatic carbocycles. The third-order valence-electron chi connectivity index (χ3n) is 1.96. The van der Waals surface area contributed by atoms with E-state index in [2.05, 4.69) is 21.2 Å². The summed E-state index contributed by atoms with van der Waals surface area (Å²) in [4.78, 5) is 11.0. The van der Waals surface area contributed by atoms with E-state index >= 15 is 0 Å². The van der Waals surface area contributed by atoms with E-state index in [4.69, 9.17) is 4.74 Å². The molecule has 0 saturated carbocycles. The summed E-state index contributed by atoms with van der Waals surface area (Å²) >= 11 is 3.40. The van der Waals surface area contributed by atoms with Crippen LogP contribution in [0.2, 0.25) is 0 Å². The van der Waals surface area contributed by atoms with Gasteiger partial charge in [-0.05, 0) is 19.1 Å². The highest BCUT2D eigenvalue weighted by atomic mass is 79.9. The molecule has 0 aromatic heterocycles. The Kier molecular flexibility index (Phi) is 2.00. The molecule has 13 heavy (non-hydrogen) atoms. The van der Waals surface area contributed by atoms with Crippen molar-refractivity contribution >= 4 is 27.5 Å². The van der Waals surface area contributed by atoms with Gasteiger partial charge < -0.3 is 10.1 Å². The van der Waals surface area contributed by atoms with Crippen LogP contribution in [0.5, 0.6) is 5.75 Å². The average Bonchev–Trinajstić information content (AvgIpc) is 2.12. The highest BCUT2D eigenvalue weighted by Crippen LogP contribution is 2.35. The van der Waals surface area contributed by atoms with Gasteiger partial charge in [-0.2, -0.15) is 0 Å². The Bertz CT molecular complexity index is 376. The highest BCUT2D eigenvalue weighted by Gasteiger charge is 2.18. The van der Waals surface area contributed by atoms with Crippen LogP contribution in [0.25, 0.3) is 0 Å². The predicted molar refractivity (Wildman–Crippen MR) is 53.0 cm³/mol. The zero-order valence-corrected chi connectivity index (χ0v) is 8.64. The average molecular weight is 242 g/mol. The molecule has 0 fully saturated rings. The Balaban J connectivity index is 2.53. The van der Waals surface area contributed by atoms with Gasteiger partial charge in [-0.15, -0.1) is 0 Å². The fraction of sp³-hybridized carbons (Fsp3) is 0.222. The highest BCUT2D eigenvalue weighted by molar-refractivity contribution is 9.10. The van der Waals surface area contributed by atoms with Gasteiger partial charge in [0.15, 0.2) is 6.61 Å². The second-order valence-corrected chi connectivity index (χ2v) is 3.74. The van der Waals surface area contributed by atoms with Crippen LogP contribution in [-0.2, 0) is 4.79 Å². The number of anilines is 1. The number of ether oxygens (including phenoxy) is 1. The molecule has 0 atom stereocenters. The molecule has 1 aliphatic rings. The first kappa shape index (κ1) is 8.56. The van der Waals surface area contributed by atoms with Crippen molar-refractivity contribution in [3.8, 4) is 5.75 Å². The molecule has 0 unspecified atom stereocenters. The summed E-state index contributed by atoms with van der Waals surface area (Å²) in [5, 5.41) is 2.74. The van der Waals surface area contributed by atoms with Crippen LogP contribution < -0.4 is 10.1 Å². The standard InChI is InChI=1S/C9H8BrNO2/c1-5-6(10)2-3-7-9(5)13-4-8(12)11-7/h2-3H,4H2,1H3,(H,11,12). The number of benzene rings is 1. The number of halogens is 1. The molecule has 1 N–H and O–H groups in total. The number of nitrogens with one attached hydrogen (secondary N) is 1. The van der Waals surface area contributed by atoms with Gasteiger partial charge in [0.25, 0.3) is 5.91 Å². The lowest BCUT2D eigenvalue weighted by atomic mass is 10.2. The van der Waals surface area contributed by atoms with Gasteiger partial charge in [-0.25, -0.2) is 0 Å². The van der Waals surface area contributed by atoms with Crippen molar-refractivity contribution in [2.75, 3.05) is 11.9 Å². The first-order chi connectivity index (χ1) is 6.18. The molecule has 4 heteroatoms. The molecule has 0 bridgehead atoms. The van der Waals surface area contributed by atoms with E-state index in [1.165, 1.54) is 0 Å². The molecular formula is C9H8BrNO2. The van der Waals surface area contributed by atoms with Crippen LogP contribution in [0.15, 0.2) is 16.6 Å². The first-order valence-corrected chi connectivity index (χ1v) is 4.69. The van der Waals surface area contributed by atoms with Crippen molar-refractivity contribution < 1.29 is 9.53 Å². The topological polar surface area (TPSA) is 38.3 Å². The van der Waals surface area contributed by atoms with Crippen molar-refractivity contribution in [1.29, 1.82) is 0 Å². The largest absolute Gasteiger partial charge is 0.481 e. The molecule has 1 amide bonds. The zero-order chi connectivity index (χ0) is 9.42. The maximum atomic E-state index is 11.0. The summed E-state index contributed by atoms with van der Waals surface area (Å²) in [6.07, 6.45) is 0. The summed E-state index contributed by atoms with van der Waals surface area (Å²) in [6.45, 7) is 2.05. The van der Waals surface area contributed by atoms with Crippen LogP contribution in [-0.4, -0.2) is 12.5 Å². The van der Waals surface area contributed by atoms with E-state index in [1.54, 1.807) is 0 Å². The molecule has 68 valence electrons. The number of amides is 1. The van der Waals surface area contributed by atoms with E-state index < -0.39 is 0 Å². The molecule has 0 spiro atoms. The number of rotatable bonds is 0. The summed E-state index contributed by atoms with van der Waals surface area (Å²) in [7, 11) is 0. The second kappa shape index (κ2) is 3.03. The Morgan fingerprint density at radius 1 is 1.54 bits per heavy atom. The molecular weight excluding hydrogens is 234 g/mol. The van der Waals surface area contributed by atoms with Gasteiger partial charge in [0.1, 0.15) is 5.75 Å². The quantitative estimate of drug-likeness (QED) is 0.756. The number of carbonyl (C=O) groups is 1. The van der Waals surface area contributed by atoms with Gasteiger partial charge in [-0.3, -0.25) is 4.79 Å². The molecule has 0 saturated heterocycles. The molecule has 3 nitrogen and oxygen atoms in total. The van der Waals surface area contributed by atoms with Gasteiger partial charge >= 0.3 is 0 Å². The third-order valence-corrected chi connectivity index (χ3v) is 2.82. The first-order valence-electron chi connectivity index (χ1n) is 3.90. The monoisotopic (exact) mass is 241 g/mol. The third kappa shape index (κ3) is 1.42. The Hall–Kier alpha value is -1.03. The van der Waals surface area contributed by atoms with Gasteiger partial charge in [0, 0.05) is 10.0 Å². The number of hydrogen-bond acceptors (Lipinski definition) is 2. The van der Waals surface area contributed by atoms with Gasteiger partial charge in [-0.1, -0.05) is 15.9 Å². The molecule has 1 heterocycles. The SMILES string of the molecule is Cc1c(Br)ccc2c1OCC(=O)N2. The maximum absolute atomic E-state index is 11.0. The van der Waals surface area contributed by atoms with Crippen molar-refractivity contribution in [3.63, 3.8) is 0 Å². The van der Waals surface area contributed by atoms with Crippen molar-refractivity contribution in [3.05, 3.63) is 22.2 Å². The normalized spacial score (nSPS) is 14.5. The smallest absolute Gasteiger partial charge is 0.262 e. The lowest BCUT2D eigenvalue weighted by Crippen LogP contribution is -2.25. The van der Waals surface area contributed by atoms with Crippen molar-refractivity contribution in [2.24, 2.45) is 0 Å². The maximum Gasteiger partial charge on any atom is 0.262 e. The molecule has 0 radical (unpaired) electrons. The number of hydrogen-bond donors (Lipinski definition) is 1. The number of fused-ring (bicyclic) bond motifs is 1. The van der Waals surface area contributed by atoms with E-state index in [-0.39, 0.29) is 12.5 Å². The van der Waals surface area contributed by atoms with E-state index in [0.717, 1.165) is 21.5 Å². The summed E-state index contributed by atoms with van der Waals surface area (Å²) in [5.74, 6) is 0.656. The Morgan fingerprint density at radius 3 is 3.08 bits per heavy atom. The second-order valence-electron chi connectivity index (χ2n) is 2.89. The Morgan fingerprint density at radius 2 is 2.31 bits per heavy atom. The fourth-order valence-electron chi connectivity index (χ4n) is 1.28. The van der Waals surface area contributed by atoms with Crippen LogP contribution >= 0.6 is 15.9 Å². The summed E-state index contributed by atoms with van der Waals surface area (Å²) < 4.78 is 6.29. The van der Waals surface area contributed by atoms with E-state index in [1.807, 2.05) is 19.1 Å². The van der Waals surface area contributed by atoms with E-state index in [0.29, 0.717) is 0 Å². The van der Waals surface area contributed by atoms with Gasteiger partial charge in [0.2, 0.25) is 0 Å². The molecule has 1 aliphatic heterocycles. The minimum absolute atomic E-state index is 0.101. The molecule has 2 rings (SSSR count). The lowest BCUT2D eigenvalue weighted by Gasteiger charge is -2.20. The van der Waals surface area contributed by atoms with Crippen LogP contribution in [0.3, 0.4) is 0 Å². The van der Waals surface area contributed by atoms with Gasteiger partial charge in [0.05, 0.1) is 5.69 Å². The molecule has 1 aromatic rings. The van der Waals surface area contributed by atoms with Crippen molar-refractivity contribution in [2.45, 2.75) is 6.92 Å². The minimum atomic E-state index is -0.103. The lowest BCUT2D eigenvalue weighted by molar-refractivity contribution is -0.118. The fourth-order valence-corrected chi connectivity index (χ4v) is 1.59. The van der Waals surface area contributed by atoms with E-state index in [9.17, 15) is 4.79 Å². The van der Waals surface area contributed by atoms with Crippen LogP contribution in [0.4, 0.5) is 5.69 Å². The van der Waals surface area contributed by atoms with Crippen LogP contribution in [0, 0.1) is 6.92 Å². The number of carbonyl (C=O) groups excluding carboxylic acids is 1. The predicted octanol–water partition coefficient (Wildman–Crippen LogP) is 2.09. The Labute approximate surface area is 84.2 Å². The summed E-state index contributed by atoms with van der Waals surface area (Å²) in [6, 6.07) is 3.71. The van der Waals surface area contributed by atoms with Crippen molar-refractivity contribution in [1.82, 2.24) is 0 Å². The minimum Gasteiger partial charge on any atom is -0.481 e. The zero-order valence-electron chi connectivity index (χ0n) is 7.06. The van der Waals surface area contributed by atoms with Crippen LogP contribution in [0.1, 0.15) is 5.56 Å². The summed E-state index contributed by atoms with van der Waals surface area (Å²) in [5.41, 5.74) is 1.76. The molecule has 0 aliphatic carbocycles.